The molecule has 0 aromatic heterocycles. The van der Waals surface area contributed by atoms with Crippen LogP contribution in [-0.2, 0) is 5.41 Å². The van der Waals surface area contributed by atoms with Gasteiger partial charge in [0.05, 0.1) is 0 Å². The molecule has 1 heteroatoms. The Kier molecular flexibility index (Phi) is 5.81. The molecule has 0 unspecified atom stereocenters. The van der Waals surface area contributed by atoms with Crippen LogP contribution < -0.4 is 4.90 Å². The fraction of sp³-hybridized carbons (Fsp3) is 0.231. The Hall–Kier alpha value is -2.80. The molecule has 0 saturated carbocycles. The van der Waals surface area contributed by atoms with Gasteiger partial charge in [-0.15, -0.1) is 0 Å². The van der Waals surface area contributed by atoms with E-state index in [2.05, 4.69) is 111 Å². The summed E-state index contributed by atoms with van der Waals surface area (Å²) < 4.78 is 0. The molecular formula is C26H29N. The minimum atomic E-state index is 0.202. The standard InChI is InChI=1S/C26H29N/c1-5-19-26(3,4)22-15-17-24(18-16-22)27(23-12-8-7-9-13-23)25-14-10-11-21(6-2)20-25/h6-18,20H,2,5,19H2,1,3-4H3. The van der Waals surface area contributed by atoms with Crippen LogP contribution in [0.4, 0.5) is 17.1 Å². The van der Waals surface area contributed by atoms with Crippen molar-refractivity contribution in [3.05, 3.63) is 96.6 Å². The summed E-state index contributed by atoms with van der Waals surface area (Å²) in [5, 5.41) is 0. The van der Waals surface area contributed by atoms with Crippen molar-refractivity contribution in [2.24, 2.45) is 0 Å². The summed E-state index contributed by atoms with van der Waals surface area (Å²) in [6.45, 7) is 10.8. The van der Waals surface area contributed by atoms with Crippen molar-refractivity contribution in [2.45, 2.75) is 39.0 Å². The molecule has 3 aromatic rings. The molecule has 1 nitrogen and oxygen atoms in total. The van der Waals surface area contributed by atoms with Crippen LogP contribution in [0.1, 0.15) is 44.7 Å². The van der Waals surface area contributed by atoms with E-state index in [0.717, 1.165) is 16.9 Å². The number of rotatable bonds is 7. The molecule has 27 heavy (non-hydrogen) atoms. The van der Waals surface area contributed by atoms with E-state index in [4.69, 9.17) is 0 Å². The fourth-order valence-electron chi connectivity index (χ4n) is 3.65. The molecule has 0 fully saturated rings. The SMILES string of the molecule is C=Cc1cccc(N(c2ccccc2)c2ccc(C(C)(C)CCC)cc2)c1. The van der Waals surface area contributed by atoms with E-state index in [0.29, 0.717) is 0 Å². The van der Waals surface area contributed by atoms with Gasteiger partial charge in [-0.1, -0.05) is 82.3 Å². The molecule has 0 aliphatic rings. The second-order valence-electron chi connectivity index (χ2n) is 7.65. The maximum absolute atomic E-state index is 3.91. The van der Waals surface area contributed by atoms with Gasteiger partial charge in [-0.05, 0) is 59.4 Å². The van der Waals surface area contributed by atoms with Crippen molar-refractivity contribution in [1.29, 1.82) is 0 Å². The van der Waals surface area contributed by atoms with Gasteiger partial charge in [0.1, 0.15) is 0 Å². The molecule has 0 bridgehead atoms. The van der Waals surface area contributed by atoms with Crippen LogP contribution in [0.25, 0.3) is 6.08 Å². The number of hydrogen-bond acceptors (Lipinski definition) is 1. The second kappa shape index (κ2) is 8.26. The minimum Gasteiger partial charge on any atom is -0.310 e. The molecular weight excluding hydrogens is 326 g/mol. The maximum Gasteiger partial charge on any atom is 0.0467 e. The van der Waals surface area contributed by atoms with E-state index in [-0.39, 0.29) is 5.41 Å². The van der Waals surface area contributed by atoms with Crippen molar-refractivity contribution in [2.75, 3.05) is 4.90 Å². The lowest BCUT2D eigenvalue weighted by Crippen LogP contribution is -2.17. The topological polar surface area (TPSA) is 3.24 Å². The molecule has 0 atom stereocenters. The summed E-state index contributed by atoms with van der Waals surface area (Å²) in [6.07, 6.45) is 4.28. The van der Waals surface area contributed by atoms with Gasteiger partial charge in [0.15, 0.2) is 0 Å². The van der Waals surface area contributed by atoms with Gasteiger partial charge in [0, 0.05) is 17.1 Å². The zero-order valence-electron chi connectivity index (χ0n) is 16.7. The summed E-state index contributed by atoms with van der Waals surface area (Å²) in [5.74, 6) is 0. The third-order valence-corrected chi connectivity index (χ3v) is 5.16. The first kappa shape index (κ1) is 19.0. The average molecular weight is 356 g/mol. The van der Waals surface area contributed by atoms with Crippen molar-refractivity contribution < 1.29 is 0 Å². The van der Waals surface area contributed by atoms with Crippen molar-refractivity contribution in [3.8, 4) is 0 Å². The highest BCUT2D eigenvalue weighted by Crippen LogP contribution is 2.36. The smallest absolute Gasteiger partial charge is 0.0467 e. The Morgan fingerprint density at radius 1 is 0.815 bits per heavy atom. The predicted molar refractivity (Wildman–Crippen MR) is 119 cm³/mol. The first-order valence-electron chi connectivity index (χ1n) is 9.73. The Bertz CT molecular complexity index is 876. The van der Waals surface area contributed by atoms with Gasteiger partial charge >= 0.3 is 0 Å². The van der Waals surface area contributed by atoms with E-state index < -0.39 is 0 Å². The lowest BCUT2D eigenvalue weighted by Gasteiger charge is -2.28. The molecule has 0 spiro atoms. The van der Waals surface area contributed by atoms with E-state index in [1.165, 1.54) is 24.1 Å². The summed E-state index contributed by atoms with van der Waals surface area (Å²) in [7, 11) is 0. The Balaban J connectivity index is 2.05. The Morgan fingerprint density at radius 2 is 1.44 bits per heavy atom. The van der Waals surface area contributed by atoms with Gasteiger partial charge in [0.25, 0.3) is 0 Å². The zero-order valence-corrected chi connectivity index (χ0v) is 16.7. The summed E-state index contributed by atoms with van der Waals surface area (Å²) >= 11 is 0. The minimum absolute atomic E-state index is 0.202. The molecule has 0 N–H and O–H groups in total. The van der Waals surface area contributed by atoms with Crippen LogP contribution in [-0.4, -0.2) is 0 Å². The van der Waals surface area contributed by atoms with E-state index >= 15 is 0 Å². The molecule has 0 amide bonds. The van der Waals surface area contributed by atoms with E-state index in [1.54, 1.807) is 0 Å². The van der Waals surface area contributed by atoms with Crippen LogP contribution in [0.3, 0.4) is 0 Å². The summed E-state index contributed by atoms with van der Waals surface area (Å²) in [4.78, 5) is 2.30. The van der Waals surface area contributed by atoms with Gasteiger partial charge < -0.3 is 4.90 Å². The van der Waals surface area contributed by atoms with Crippen LogP contribution in [0.5, 0.6) is 0 Å². The normalized spacial score (nSPS) is 11.2. The van der Waals surface area contributed by atoms with Crippen molar-refractivity contribution in [3.63, 3.8) is 0 Å². The lowest BCUT2D eigenvalue weighted by molar-refractivity contribution is 0.473. The number of nitrogens with zero attached hydrogens (tertiary/aromatic N) is 1. The first-order valence-corrected chi connectivity index (χ1v) is 9.73. The van der Waals surface area contributed by atoms with E-state index in [1.807, 2.05) is 6.08 Å². The molecule has 3 aromatic carbocycles. The second-order valence-corrected chi connectivity index (χ2v) is 7.65. The van der Waals surface area contributed by atoms with Gasteiger partial charge in [0.2, 0.25) is 0 Å². The highest BCUT2D eigenvalue weighted by molar-refractivity contribution is 5.77. The lowest BCUT2D eigenvalue weighted by atomic mass is 9.81. The van der Waals surface area contributed by atoms with Crippen LogP contribution in [0, 0.1) is 0 Å². The Labute approximate surface area is 164 Å². The molecule has 0 aliphatic heterocycles. The highest BCUT2D eigenvalue weighted by atomic mass is 15.1. The largest absolute Gasteiger partial charge is 0.310 e. The average Bonchev–Trinajstić information content (AvgIpc) is 2.70. The molecule has 0 aliphatic carbocycles. The maximum atomic E-state index is 3.91. The molecule has 0 saturated heterocycles. The highest BCUT2D eigenvalue weighted by Gasteiger charge is 2.20. The van der Waals surface area contributed by atoms with Crippen molar-refractivity contribution >= 4 is 23.1 Å². The third kappa shape index (κ3) is 4.31. The van der Waals surface area contributed by atoms with Gasteiger partial charge in [-0.2, -0.15) is 0 Å². The monoisotopic (exact) mass is 355 g/mol. The number of anilines is 3. The fourth-order valence-corrected chi connectivity index (χ4v) is 3.65. The quantitative estimate of drug-likeness (QED) is 0.416. The summed E-state index contributed by atoms with van der Waals surface area (Å²) in [5.41, 5.74) is 6.17. The Morgan fingerprint density at radius 3 is 2.07 bits per heavy atom. The predicted octanol–water partition coefficient (Wildman–Crippen LogP) is 7.88. The van der Waals surface area contributed by atoms with Crippen LogP contribution in [0.2, 0.25) is 0 Å². The van der Waals surface area contributed by atoms with E-state index in [9.17, 15) is 0 Å². The number of para-hydroxylation sites is 1. The third-order valence-electron chi connectivity index (χ3n) is 5.16. The first-order chi connectivity index (χ1) is 13.0. The molecule has 138 valence electrons. The van der Waals surface area contributed by atoms with Gasteiger partial charge in [-0.25, -0.2) is 0 Å². The summed E-state index contributed by atoms with van der Waals surface area (Å²) in [6, 6.07) is 28.0. The van der Waals surface area contributed by atoms with Crippen molar-refractivity contribution in [1.82, 2.24) is 0 Å². The number of hydrogen-bond donors (Lipinski definition) is 0. The zero-order chi connectivity index (χ0) is 19.3. The van der Waals surface area contributed by atoms with Crippen LogP contribution in [0.15, 0.2) is 85.4 Å². The van der Waals surface area contributed by atoms with Crippen LogP contribution >= 0.6 is 0 Å². The molecule has 3 rings (SSSR count). The molecule has 0 radical (unpaired) electrons. The molecule has 0 heterocycles. The number of benzene rings is 3. The van der Waals surface area contributed by atoms with Gasteiger partial charge in [-0.3, -0.25) is 0 Å².